The van der Waals surface area contributed by atoms with Crippen LogP contribution in [-0.4, -0.2) is 9.97 Å². The van der Waals surface area contributed by atoms with E-state index in [0.717, 1.165) is 11.3 Å². The van der Waals surface area contributed by atoms with E-state index >= 15 is 0 Å². The first-order valence-corrected chi connectivity index (χ1v) is 6.90. The van der Waals surface area contributed by atoms with Gasteiger partial charge in [-0.05, 0) is 18.2 Å². The van der Waals surface area contributed by atoms with Crippen LogP contribution in [0.5, 0.6) is 5.75 Å². The van der Waals surface area contributed by atoms with Crippen molar-refractivity contribution in [1.29, 1.82) is 0 Å². The summed E-state index contributed by atoms with van der Waals surface area (Å²) < 4.78 is 6.00. The molecule has 0 unspecified atom stereocenters. The number of hydrogen-bond acceptors (Lipinski definition) is 4. The summed E-state index contributed by atoms with van der Waals surface area (Å²) in [6.45, 7) is 0. The Morgan fingerprint density at radius 2 is 1.59 bits per heavy atom. The van der Waals surface area contributed by atoms with Gasteiger partial charge in [-0.15, -0.1) is 0 Å². The molecule has 0 atom stereocenters. The third-order valence-electron chi connectivity index (χ3n) is 3.00. The maximum atomic E-state index is 6.00. The van der Waals surface area contributed by atoms with Gasteiger partial charge in [-0.2, -0.15) is 0 Å². The Bertz CT molecular complexity index is 771. The fourth-order valence-electron chi connectivity index (χ4n) is 1.99. The van der Waals surface area contributed by atoms with Crippen molar-refractivity contribution in [3.63, 3.8) is 0 Å². The molecule has 0 spiro atoms. The van der Waals surface area contributed by atoms with E-state index in [2.05, 4.69) is 9.97 Å². The van der Waals surface area contributed by atoms with Crippen molar-refractivity contribution in [1.82, 2.24) is 9.97 Å². The number of aromatic nitrogens is 2. The minimum atomic E-state index is 0.237. The van der Waals surface area contributed by atoms with Gasteiger partial charge in [-0.1, -0.05) is 48.5 Å². The van der Waals surface area contributed by atoms with Crippen LogP contribution >= 0.6 is 0 Å². The van der Waals surface area contributed by atoms with Gasteiger partial charge in [0.2, 0.25) is 5.95 Å². The van der Waals surface area contributed by atoms with Crippen LogP contribution in [0, 0.1) is 0 Å². The molecule has 0 saturated carbocycles. The molecule has 108 valence electrons. The molecule has 0 radical (unpaired) electrons. The lowest BCUT2D eigenvalue weighted by atomic mass is 10.1. The second-order valence-corrected chi connectivity index (χ2v) is 4.63. The summed E-state index contributed by atoms with van der Waals surface area (Å²) in [5, 5.41) is 0. The third-order valence-corrected chi connectivity index (χ3v) is 3.00. The average molecular weight is 289 g/mol. The van der Waals surface area contributed by atoms with E-state index < -0.39 is 0 Å². The molecule has 0 aliphatic heterocycles. The van der Waals surface area contributed by atoms with Crippen LogP contribution in [0.25, 0.3) is 11.8 Å². The summed E-state index contributed by atoms with van der Waals surface area (Å²) in [6.07, 6.45) is 3.47. The maximum Gasteiger partial charge on any atom is 0.220 e. The number of nitrogen functional groups attached to an aromatic ring is 1. The van der Waals surface area contributed by atoms with E-state index in [0.29, 0.717) is 11.5 Å². The highest BCUT2D eigenvalue weighted by Gasteiger charge is 2.05. The van der Waals surface area contributed by atoms with Crippen molar-refractivity contribution in [2.45, 2.75) is 0 Å². The smallest absolute Gasteiger partial charge is 0.220 e. The average Bonchev–Trinajstić information content (AvgIpc) is 2.56. The lowest BCUT2D eigenvalue weighted by Gasteiger charge is -2.10. The first kappa shape index (κ1) is 13.8. The highest BCUT2D eigenvalue weighted by Crippen LogP contribution is 2.22. The molecule has 4 nitrogen and oxygen atoms in total. The molecule has 0 amide bonds. The van der Waals surface area contributed by atoms with Gasteiger partial charge in [0.25, 0.3) is 0 Å². The van der Waals surface area contributed by atoms with Gasteiger partial charge >= 0.3 is 0 Å². The van der Waals surface area contributed by atoms with Crippen molar-refractivity contribution >= 4 is 17.8 Å². The molecule has 0 aliphatic carbocycles. The molecular formula is C18H15N3O. The first-order valence-electron chi connectivity index (χ1n) is 6.90. The molecule has 4 heteroatoms. The summed E-state index contributed by atoms with van der Waals surface area (Å²) in [4.78, 5) is 8.09. The Labute approximate surface area is 128 Å². The van der Waals surface area contributed by atoms with Crippen LogP contribution in [0.1, 0.15) is 11.3 Å². The predicted molar refractivity (Wildman–Crippen MR) is 87.8 cm³/mol. The number of ether oxygens (including phenoxy) is 1. The molecule has 22 heavy (non-hydrogen) atoms. The predicted octanol–water partition coefficient (Wildman–Crippen LogP) is 3.64. The zero-order valence-electron chi connectivity index (χ0n) is 11.9. The number of nitrogens with zero attached hydrogens (tertiary/aromatic N) is 2. The Morgan fingerprint density at radius 1 is 0.909 bits per heavy atom. The van der Waals surface area contributed by atoms with E-state index in [9.17, 15) is 0 Å². The molecule has 0 fully saturated rings. The van der Waals surface area contributed by atoms with Gasteiger partial charge < -0.3 is 10.5 Å². The first-order chi connectivity index (χ1) is 10.8. The second kappa shape index (κ2) is 6.54. The number of anilines is 1. The van der Waals surface area contributed by atoms with E-state index in [-0.39, 0.29) is 5.95 Å². The van der Waals surface area contributed by atoms with Crippen molar-refractivity contribution in [2.24, 2.45) is 0 Å². The standard InChI is InChI=1S/C18H15N3O/c19-18-20-12-11-15(21-18)13-17(14-7-3-1-4-8-14)22-16-9-5-2-6-10-16/h1-13H,(H2,19,20,21)/b17-13+. The number of nitrogens with two attached hydrogens (primary N) is 1. The van der Waals surface area contributed by atoms with Crippen molar-refractivity contribution in [2.75, 3.05) is 5.73 Å². The van der Waals surface area contributed by atoms with Gasteiger partial charge in [0.05, 0.1) is 5.69 Å². The molecule has 2 aromatic carbocycles. The fourth-order valence-corrected chi connectivity index (χ4v) is 1.99. The van der Waals surface area contributed by atoms with Gasteiger partial charge in [0.1, 0.15) is 11.5 Å². The minimum Gasteiger partial charge on any atom is -0.457 e. The third kappa shape index (κ3) is 3.49. The lowest BCUT2D eigenvalue weighted by molar-refractivity contribution is 0.518. The quantitative estimate of drug-likeness (QED) is 0.745. The maximum absolute atomic E-state index is 6.00. The number of para-hydroxylation sites is 1. The largest absolute Gasteiger partial charge is 0.457 e. The fraction of sp³-hybridized carbons (Fsp3) is 0. The summed E-state index contributed by atoms with van der Waals surface area (Å²) in [5.41, 5.74) is 7.29. The van der Waals surface area contributed by atoms with Crippen LogP contribution in [0.4, 0.5) is 5.95 Å². The topological polar surface area (TPSA) is 61.0 Å². The molecule has 1 heterocycles. The number of hydrogen-bond donors (Lipinski definition) is 1. The summed E-state index contributed by atoms with van der Waals surface area (Å²) in [5.74, 6) is 1.70. The van der Waals surface area contributed by atoms with Crippen LogP contribution in [0.3, 0.4) is 0 Å². The zero-order chi connectivity index (χ0) is 15.2. The Hall–Kier alpha value is -3.14. The van der Waals surface area contributed by atoms with Crippen LogP contribution in [-0.2, 0) is 0 Å². The van der Waals surface area contributed by atoms with Gasteiger partial charge in [0.15, 0.2) is 0 Å². The minimum absolute atomic E-state index is 0.237. The summed E-state index contributed by atoms with van der Waals surface area (Å²) in [7, 11) is 0. The molecule has 0 saturated heterocycles. The van der Waals surface area contributed by atoms with E-state index in [1.165, 1.54) is 0 Å². The normalized spacial score (nSPS) is 11.2. The van der Waals surface area contributed by atoms with Crippen LogP contribution in [0.2, 0.25) is 0 Å². The van der Waals surface area contributed by atoms with Crippen molar-refractivity contribution in [3.05, 3.63) is 84.2 Å². The summed E-state index contributed by atoms with van der Waals surface area (Å²) >= 11 is 0. The molecule has 3 rings (SSSR count). The Morgan fingerprint density at radius 3 is 2.27 bits per heavy atom. The number of benzene rings is 2. The molecular weight excluding hydrogens is 274 g/mol. The zero-order valence-corrected chi connectivity index (χ0v) is 11.9. The van der Waals surface area contributed by atoms with E-state index in [1.807, 2.05) is 66.7 Å². The molecule has 3 aromatic rings. The molecule has 2 N–H and O–H groups in total. The second-order valence-electron chi connectivity index (χ2n) is 4.63. The van der Waals surface area contributed by atoms with Crippen LogP contribution in [0.15, 0.2) is 72.9 Å². The van der Waals surface area contributed by atoms with Gasteiger partial charge in [0, 0.05) is 17.8 Å². The Kier molecular flexibility index (Phi) is 4.11. The van der Waals surface area contributed by atoms with Crippen molar-refractivity contribution < 1.29 is 4.74 Å². The molecule has 0 aliphatic rings. The van der Waals surface area contributed by atoms with Gasteiger partial charge in [-0.25, -0.2) is 9.97 Å². The lowest BCUT2D eigenvalue weighted by Crippen LogP contribution is -1.98. The van der Waals surface area contributed by atoms with Crippen molar-refractivity contribution in [3.8, 4) is 5.75 Å². The highest BCUT2D eigenvalue weighted by atomic mass is 16.5. The summed E-state index contributed by atoms with van der Waals surface area (Å²) in [6, 6.07) is 21.3. The number of rotatable bonds is 4. The van der Waals surface area contributed by atoms with Crippen LogP contribution < -0.4 is 10.5 Å². The highest BCUT2D eigenvalue weighted by molar-refractivity contribution is 5.77. The van der Waals surface area contributed by atoms with Gasteiger partial charge in [-0.3, -0.25) is 0 Å². The SMILES string of the molecule is Nc1nccc(/C=C(/Oc2ccccc2)c2ccccc2)n1. The Balaban J connectivity index is 1.99. The molecule has 1 aromatic heterocycles. The monoisotopic (exact) mass is 289 g/mol. The van der Waals surface area contributed by atoms with E-state index in [1.54, 1.807) is 12.3 Å². The molecule has 0 bridgehead atoms. The van der Waals surface area contributed by atoms with E-state index in [4.69, 9.17) is 10.5 Å².